The Morgan fingerprint density at radius 2 is 1.89 bits per heavy atom. The van der Waals surface area contributed by atoms with Crippen LogP contribution in [0.5, 0.6) is 0 Å². The van der Waals surface area contributed by atoms with Gasteiger partial charge in [-0.3, -0.25) is 0 Å². The molecule has 1 atom stereocenters. The molecule has 0 bridgehead atoms. The van der Waals surface area contributed by atoms with Crippen molar-refractivity contribution in [1.82, 2.24) is 5.32 Å². The highest BCUT2D eigenvalue weighted by Gasteiger charge is 2.21. The van der Waals surface area contributed by atoms with Crippen molar-refractivity contribution >= 4 is 17.6 Å². The molecule has 0 spiro atoms. The summed E-state index contributed by atoms with van der Waals surface area (Å²) in [6.45, 7) is 6.13. The summed E-state index contributed by atoms with van der Waals surface area (Å²) in [5.41, 5.74) is 2.70. The highest BCUT2D eigenvalue weighted by atomic mass is 35.5. The highest BCUT2D eigenvalue weighted by molar-refractivity contribution is 6.33. The van der Waals surface area contributed by atoms with E-state index in [0.29, 0.717) is 23.6 Å². The van der Waals surface area contributed by atoms with Gasteiger partial charge in [0, 0.05) is 11.6 Å². The first-order valence-electron chi connectivity index (χ1n) is 8.89. The number of nitrogens with one attached hydrogen (secondary N) is 1. The molecule has 6 heteroatoms. The van der Waals surface area contributed by atoms with Gasteiger partial charge in [-0.25, -0.2) is 9.18 Å². The SMILES string of the molecule is Cc1ccc([C@@H](C)NCc2ccc(-c3cc(C(=O)O)c(Cl)c(F)c3C)o2)cc1. The van der Waals surface area contributed by atoms with Crippen LogP contribution in [0, 0.1) is 19.7 Å². The number of furan rings is 1. The molecule has 0 saturated carbocycles. The van der Waals surface area contributed by atoms with E-state index < -0.39 is 16.8 Å². The number of carboxylic acid groups (broad SMARTS) is 1. The molecule has 3 aromatic rings. The first-order chi connectivity index (χ1) is 13.3. The molecule has 0 aliphatic carbocycles. The van der Waals surface area contributed by atoms with Crippen LogP contribution in [0.3, 0.4) is 0 Å². The number of carbonyl (C=O) groups is 1. The van der Waals surface area contributed by atoms with Gasteiger partial charge < -0.3 is 14.8 Å². The number of rotatable bonds is 6. The third kappa shape index (κ3) is 4.11. The molecule has 0 saturated heterocycles. The standard InChI is InChI=1S/C22H21ClFNO3/c1-12-4-6-15(7-5-12)14(3)25-11-16-8-9-19(28-16)17-10-18(22(26)27)20(23)21(24)13(17)2/h4-10,14,25H,11H2,1-3H3,(H,26,27)/t14-/m1/s1. The number of benzene rings is 2. The summed E-state index contributed by atoms with van der Waals surface area (Å²) in [7, 11) is 0. The van der Waals surface area contributed by atoms with Crippen LogP contribution < -0.4 is 5.32 Å². The Morgan fingerprint density at radius 3 is 2.54 bits per heavy atom. The van der Waals surface area contributed by atoms with Crippen molar-refractivity contribution in [3.8, 4) is 11.3 Å². The van der Waals surface area contributed by atoms with Crippen LogP contribution in [0.25, 0.3) is 11.3 Å². The van der Waals surface area contributed by atoms with E-state index in [1.54, 1.807) is 19.1 Å². The van der Waals surface area contributed by atoms with Crippen molar-refractivity contribution < 1.29 is 18.7 Å². The quantitative estimate of drug-likeness (QED) is 0.539. The Balaban J connectivity index is 1.79. The van der Waals surface area contributed by atoms with Gasteiger partial charge in [0.05, 0.1) is 17.1 Å². The lowest BCUT2D eigenvalue weighted by atomic mass is 10.0. The lowest BCUT2D eigenvalue weighted by Crippen LogP contribution is -2.17. The molecule has 146 valence electrons. The Labute approximate surface area is 168 Å². The second-order valence-electron chi connectivity index (χ2n) is 6.81. The second-order valence-corrected chi connectivity index (χ2v) is 7.19. The Hall–Kier alpha value is -2.63. The Bertz CT molecular complexity index is 1010. The average Bonchev–Trinajstić information content (AvgIpc) is 3.13. The molecule has 0 fully saturated rings. The van der Waals surface area contributed by atoms with Crippen molar-refractivity contribution in [3.05, 3.63) is 81.3 Å². The van der Waals surface area contributed by atoms with E-state index in [4.69, 9.17) is 16.0 Å². The number of carboxylic acids is 1. The van der Waals surface area contributed by atoms with Gasteiger partial charge >= 0.3 is 5.97 Å². The summed E-state index contributed by atoms with van der Waals surface area (Å²) in [6.07, 6.45) is 0. The number of aromatic carboxylic acids is 1. The number of hydrogen-bond donors (Lipinski definition) is 2. The van der Waals surface area contributed by atoms with Crippen molar-refractivity contribution in [3.63, 3.8) is 0 Å². The van der Waals surface area contributed by atoms with E-state index in [1.807, 2.05) is 6.92 Å². The minimum Gasteiger partial charge on any atom is -0.478 e. The van der Waals surface area contributed by atoms with E-state index in [9.17, 15) is 14.3 Å². The molecular weight excluding hydrogens is 381 g/mol. The van der Waals surface area contributed by atoms with Gasteiger partial charge in [0.1, 0.15) is 17.3 Å². The first-order valence-corrected chi connectivity index (χ1v) is 9.26. The van der Waals surface area contributed by atoms with E-state index in [1.165, 1.54) is 17.2 Å². The van der Waals surface area contributed by atoms with Crippen LogP contribution >= 0.6 is 11.6 Å². The van der Waals surface area contributed by atoms with Crippen LogP contribution in [0.1, 0.15) is 45.8 Å². The molecule has 0 radical (unpaired) electrons. The molecule has 1 heterocycles. The van der Waals surface area contributed by atoms with Gasteiger partial charge in [0.2, 0.25) is 0 Å². The topological polar surface area (TPSA) is 62.5 Å². The first kappa shape index (κ1) is 20.1. The molecule has 4 nitrogen and oxygen atoms in total. The largest absolute Gasteiger partial charge is 0.478 e. The summed E-state index contributed by atoms with van der Waals surface area (Å²) >= 11 is 5.81. The third-order valence-electron chi connectivity index (χ3n) is 4.77. The van der Waals surface area contributed by atoms with Gasteiger partial charge in [-0.2, -0.15) is 0 Å². The maximum Gasteiger partial charge on any atom is 0.337 e. The molecule has 0 amide bonds. The molecule has 28 heavy (non-hydrogen) atoms. The molecule has 2 aromatic carbocycles. The van der Waals surface area contributed by atoms with Crippen molar-refractivity contribution in [2.45, 2.75) is 33.4 Å². The van der Waals surface area contributed by atoms with Gasteiger partial charge in [0.25, 0.3) is 0 Å². The number of hydrogen-bond acceptors (Lipinski definition) is 3. The van der Waals surface area contributed by atoms with Crippen LogP contribution in [-0.2, 0) is 6.54 Å². The Kier molecular flexibility index (Phi) is 5.87. The van der Waals surface area contributed by atoms with Crippen LogP contribution in [-0.4, -0.2) is 11.1 Å². The summed E-state index contributed by atoms with van der Waals surface area (Å²) in [5.74, 6) is -0.970. The van der Waals surface area contributed by atoms with Gasteiger partial charge in [-0.15, -0.1) is 0 Å². The number of aryl methyl sites for hydroxylation is 1. The zero-order valence-corrected chi connectivity index (χ0v) is 16.6. The van der Waals surface area contributed by atoms with Crippen LogP contribution in [0.15, 0.2) is 46.9 Å². The van der Waals surface area contributed by atoms with Crippen LogP contribution in [0.2, 0.25) is 5.02 Å². The maximum atomic E-state index is 14.3. The molecule has 3 rings (SSSR count). The summed E-state index contributed by atoms with van der Waals surface area (Å²) in [6, 6.07) is 13.2. The Morgan fingerprint density at radius 1 is 1.21 bits per heavy atom. The third-order valence-corrected chi connectivity index (χ3v) is 5.14. The highest BCUT2D eigenvalue weighted by Crippen LogP contribution is 2.33. The van der Waals surface area contributed by atoms with Crippen molar-refractivity contribution in [2.24, 2.45) is 0 Å². The second kappa shape index (κ2) is 8.17. The van der Waals surface area contributed by atoms with E-state index >= 15 is 0 Å². The average molecular weight is 402 g/mol. The summed E-state index contributed by atoms with van der Waals surface area (Å²) in [4.78, 5) is 11.3. The minimum atomic E-state index is -1.29. The fraction of sp³-hybridized carbons (Fsp3) is 0.227. The summed E-state index contributed by atoms with van der Waals surface area (Å²) < 4.78 is 20.1. The smallest absolute Gasteiger partial charge is 0.337 e. The number of halogens is 2. The molecule has 0 unspecified atom stereocenters. The van der Waals surface area contributed by atoms with Crippen molar-refractivity contribution in [1.29, 1.82) is 0 Å². The fourth-order valence-corrected chi connectivity index (χ4v) is 3.25. The minimum absolute atomic E-state index is 0.127. The normalized spacial score (nSPS) is 12.2. The van der Waals surface area contributed by atoms with Gasteiger partial charge in [0.15, 0.2) is 0 Å². The monoisotopic (exact) mass is 401 g/mol. The molecule has 2 N–H and O–H groups in total. The zero-order chi connectivity index (χ0) is 20.4. The lowest BCUT2D eigenvalue weighted by molar-refractivity contribution is 0.0696. The zero-order valence-electron chi connectivity index (χ0n) is 15.8. The van der Waals surface area contributed by atoms with Crippen molar-refractivity contribution in [2.75, 3.05) is 0 Å². The predicted molar refractivity (Wildman–Crippen MR) is 107 cm³/mol. The van der Waals surface area contributed by atoms with Gasteiger partial charge in [-0.1, -0.05) is 41.4 Å². The lowest BCUT2D eigenvalue weighted by Gasteiger charge is -2.13. The van der Waals surface area contributed by atoms with E-state index in [2.05, 4.69) is 36.5 Å². The van der Waals surface area contributed by atoms with Gasteiger partial charge in [-0.05, 0) is 50.1 Å². The van der Waals surface area contributed by atoms with Crippen LogP contribution in [0.4, 0.5) is 4.39 Å². The fourth-order valence-electron chi connectivity index (χ4n) is 2.97. The molecule has 1 aromatic heterocycles. The molecule has 0 aliphatic rings. The van der Waals surface area contributed by atoms with E-state index in [0.717, 1.165) is 0 Å². The molecular formula is C22H21ClFNO3. The molecule has 0 aliphatic heterocycles. The summed E-state index contributed by atoms with van der Waals surface area (Å²) in [5, 5.41) is 12.2. The maximum absolute atomic E-state index is 14.3. The predicted octanol–water partition coefficient (Wildman–Crippen LogP) is 5.90. The van der Waals surface area contributed by atoms with E-state index in [-0.39, 0.29) is 17.2 Å².